The van der Waals surface area contributed by atoms with Gasteiger partial charge in [-0.25, -0.2) is 3.11 Å². The molecule has 0 aliphatic carbocycles. The summed E-state index contributed by atoms with van der Waals surface area (Å²) in [5, 5.41) is 0. The fraction of sp³-hybridized carbons (Fsp3) is 0.455. The second kappa shape index (κ2) is 5.14. The van der Waals surface area contributed by atoms with Crippen molar-refractivity contribution >= 4 is 22.9 Å². The van der Waals surface area contributed by atoms with Gasteiger partial charge >= 0.3 is 0 Å². The summed E-state index contributed by atoms with van der Waals surface area (Å²) >= 11 is 2.35. The van der Waals surface area contributed by atoms with Gasteiger partial charge in [0.05, 0.1) is 6.61 Å². The molecule has 1 aliphatic rings. The molecule has 15 heavy (non-hydrogen) atoms. The maximum atomic E-state index is 5.61. The zero-order chi connectivity index (χ0) is 10.7. The zero-order valence-electron chi connectivity index (χ0n) is 8.58. The second-order valence-electron chi connectivity index (χ2n) is 3.70. The standard InChI is InChI=1S/C11H15IN2O/c12-14-7-9-2-3-11(6-10(9)8-14)15-5-1-4-13/h2-3,6H,1,4-5,7-8,13H2. The summed E-state index contributed by atoms with van der Waals surface area (Å²) in [4.78, 5) is 0. The van der Waals surface area contributed by atoms with E-state index in [4.69, 9.17) is 10.5 Å². The average Bonchev–Trinajstić information content (AvgIpc) is 2.57. The molecule has 4 heteroatoms. The molecule has 1 aromatic carbocycles. The van der Waals surface area contributed by atoms with E-state index in [-0.39, 0.29) is 0 Å². The number of hydrogen-bond donors (Lipinski definition) is 1. The molecule has 82 valence electrons. The Bertz CT molecular complexity index is 343. The number of halogens is 1. The molecule has 0 fully saturated rings. The van der Waals surface area contributed by atoms with Crippen LogP contribution in [0.2, 0.25) is 0 Å². The van der Waals surface area contributed by atoms with Crippen LogP contribution in [0.4, 0.5) is 0 Å². The van der Waals surface area contributed by atoms with Gasteiger partial charge in [0.15, 0.2) is 0 Å². The molecular weight excluding hydrogens is 303 g/mol. The van der Waals surface area contributed by atoms with Gasteiger partial charge in [-0.2, -0.15) is 0 Å². The molecule has 1 aromatic rings. The van der Waals surface area contributed by atoms with Crippen LogP contribution >= 0.6 is 22.9 Å². The molecule has 0 bridgehead atoms. The smallest absolute Gasteiger partial charge is 0.119 e. The first-order valence-electron chi connectivity index (χ1n) is 5.15. The SMILES string of the molecule is NCCCOc1ccc2c(c1)CN(I)C2. The Balaban J connectivity index is 2.00. The van der Waals surface area contributed by atoms with Crippen molar-refractivity contribution in [3.05, 3.63) is 29.3 Å². The Morgan fingerprint density at radius 3 is 2.93 bits per heavy atom. The number of nitrogens with zero attached hydrogens (tertiary/aromatic N) is 1. The van der Waals surface area contributed by atoms with Gasteiger partial charge in [0.1, 0.15) is 5.75 Å². The van der Waals surface area contributed by atoms with Crippen LogP contribution in [0.3, 0.4) is 0 Å². The highest BCUT2D eigenvalue weighted by Gasteiger charge is 2.16. The van der Waals surface area contributed by atoms with Crippen molar-refractivity contribution in [2.75, 3.05) is 13.2 Å². The lowest BCUT2D eigenvalue weighted by Gasteiger charge is -2.06. The minimum Gasteiger partial charge on any atom is -0.494 e. The predicted octanol–water partition coefficient (Wildman–Crippen LogP) is 2.08. The van der Waals surface area contributed by atoms with Crippen LogP contribution in [0.1, 0.15) is 17.5 Å². The third kappa shape index (κ3) is 2.83. The van der Waals surface area contributed by atoms with Crippen molar-refractivity contribution in [1.82, 2.24) is 3.11 Å². The Labute approximate surface area is 104 Å². The van der Waals surface area contributed by atoms with Gasteiger partial charge in [0.2, 0.25) is 0 Å². The Morgan fingerprint density at radius 1 is 1.33 bits per heavy atom. The van der Waals surface area contributed by atoms with E-state index in [9.17, 15) is 0 Å². The van der Waals surface area contributed by atoms with Gasteiger partial charge in [-0.15, -0.1) is 0 Å². The molecule has 1 aliphatic heterocycles. The van der Waals surface area contributed by atoms with Crippen molar-refractivity contribution in [1.29, 1.82) is 0 Å². The van der Waals surface area contributed by atoms with Crippen LogP contribution < -0.4 is 10.5 Å². The second-order valence-corrected chi connectivity index (χ2v) is 5.06. The van der Waals surface area contributed by atoms with Crippen LogP contribution in [-0.2, 0) is 13.1 Å². The van der Waals surface area contributed by atoms with Crippen molar-refractivity contribution < 1.29 is 4.74 Å². The van der Waals surface area contributed by atoms with E-state index >= 15 is 0 Å². The van der Waals surface area contributed by atoms with Crippen LogP contribution in [0.5, 0.6) is 5.75 Å². The lowest BCUT2D eigenvalue weighted by Crippen LogP contribution is -2.06. The molecule has 0 saturated heterocycles. The van der Waals surface area contributed by atoms with E-state index < -0.39 is 0 Å². The molecule has 0 unspecified atom stereocenters. The normalized spacial score (nSPS) is 15.3. The number of ether oxygens (including phenoxy) is 1. The van der Waals surface area contributed by atoms with E-state index in [1.54, 1.807) is 0 Å². The van der Waals surface area contributed by atoms with Crippen molar-refractivity contribution in [2.24, 2.45) is 5.73 Å². The number of nitrogens with two attached hydrogens (primary N) is 1. The first-order valence-corrected chi connectivity index (χ1v) is 6.11. The van der Waals surface area contributed by atoms with E-state index in [0.717, 1.165) is 25.3 Å². The third-order valence-corrected chi connectivity index (χ3v) is 3.16. The van der Waals surface area contributed by atoms with Crippen LogP contribution in [0, 0.1) is 0 Å². The van der Waals surface area contributed by atoms with E-state index in [1.165, 1.54) is 11.1 Å². The van der Waals surface area contributed by atoms with Crippen molar-refractivity contribution in [2.45, 2.75) is 19.5 Å². The molecule has 0 aromatic heterocycles. The van der Waals surface area contributed by atoms with E-state index in [0.29, 0.717) is 13.2 Å². The molecule has 3 nitrogen and oxygen atoms in total. The molecule has 0 amide bonds. The molecule has 0 saturated carbocycles. The number of benzene rings is 1. The summed E-state index contributed by atoms with van der Waals surface area (Å²) in [6.45, 7) is 3.46. The fourth-order valence-corrected chi connectivity index (χ4v) is 2.43. The van der Waals surface area contributed by atoms with Crippen LogP contribution in [-0.4, -0.2) is 16.3 Å². The minimum absolute atomic E-state index is 0.687. The summed E-state index contributed by atoms with van der Waals surface area (Å²) in [5.74, 6) is 0.967. The number of rotatable bonds is 4. The Hall–Kier alpha value is -0.330. The molecule has 0 atom stereocenters. The monoisotopic (exact) mass is 318 g/mol. The van der Waals surface area contributed by atoms with Gasteiger partial charge in [-0.1, -0.05) is 6.07 Å². The molecule has 2 N–H and O–H groups in total. The Morgan fingerprint density at radius 2 is 2.13 bits per heavy atom. The lowest BCUT2D eigenvalue weighted by molar-refractivity contribution is 0.313. The average molecular weight is 318 g/mol. The maximum absolute atomic E-state index is 5.61. The number of hydrogen-bond acceptors (Lipinski definition) is 3. The highest BCUT2D eigenvalue weighted by Crippen LogP contribution is 2.28. The first-order chi connectivity index (χ1) is 7.29. The summed E-state index contributed by atoms with van der Waals surface area (Å²) in [7, 11) is 0. The van der Waals surface area contributed by atoms with Gasteiger partial charge in [-0.3, -0.25) is 0 Å². The summed E-state index contributed by atoms with van der Waals surface area (Å²) in [5.41, 5.74) is 8.21. The van der Waals surface area contributed by atoms with Crippen LogP contribution in [0.25, 0.3) is 0 Å². The molecule has 2 rings (SSSR count). The molecule has 1 heterocycles. The number of fused-ring (bicyclic) bond motifs is 1. The topological polar surface area (TPSA) is 38.5 Å². The van der Waals surface area contributed by atoms with Crippen LogP contribution in [0.15, 0.2) is 18.2 Å². The predicted molar refractivity (Wildman–Crippen MR) is 68.9 cm³/mol. The third-order valence-electron chi connectivity index (χ3n) is 2.48. The summed E-state index contributed by atoms with van der Waals surface area (Å²) < 4.78 is 7.88. The maximum Gasteiger partial charge on any atom is 0.119 e. The van der Waals surface area contributed by atoms with Crippen molar-refractivity contribution in [3.8, 4) is 5.75 Å². The highest BCUT2D eigenvalue weighted by atomic mass is 127. The molecule has 0 radical (unpaired) electrons. The summed E-state index contributed by atoms with van der Waals surface area (Å²) in [6.07, 6.45) is 0.912. The summed E-state index contributed by atoms with van der Waals surface area (Å²) in [6, 6.07) is 6.35. The quantitative estimate of drug-likeness (QED) is 0.525. The zero-order valence-corrected chi connectivity index (χ0v) is 10.7. The molecule has 0 spiro atoms. The first kappa shape index (κ1) is 11.2. The molecular formula is C11H15IN2O. The van der Waals surface area contributed by atoms with Gasteiger partial charge in [0.25, 0.3) is 0 Å². The largest absolute Gasteiger partial charge is 0.494 e. The van der Waals surface area contributed by atoms with Gasteiger partial charge in [-0.05, 0) is 36.2 Å². The minimum atomic E-state index is 0.687. The highest BCUT2D eigenvalue weighted by molar-refractivity contribution is 14.1. The fourth-order valence-electron chi connectivity index (χ4n) is 1.69. The van der Waals surface area contributed by atoms with E-state index in [1.807, 2.05) is 6.07 Å². The Kier molecular flexibility index (Phi) is 3.82. The van der Waals surface area contributed by atoms with Gasteiger partial charge < -0.3 is 10.5 Å². The van der Waals surface area contributed by atoms with E-state index in [2.05, 4.69) is 38.1 Å². The lowest BCUT2D eigenvalue weighted by atomic mass is 10.1. The van der Waals surface area contributed by atoms with Crippen molar-refractivity contribution in [3.63, 3.8) is 0 Å². The van der Waals surface area contributed by atoms with Gasteiger partial charge in [0, 0.05) is 36.0 Å².